The van der Waals surface area contributed by atoms with Crippen LogP contribution in [0.4, 0.5) is 0 Å². The summed E-state index contributed by atoms with van der Waals surface area (Å²) in [6, 6.07) is 24.1. The molecule has 0 aliphatic rings. The first-order chi connectivity index (χ1) is 12.8. The zero-order chi connectivity index (χ0) is 17.5. The monoisotopic (exact) mass is 354 g/mol. The SMILES string of the molecule is S=c1cccc2oc3ccc(-c4cccc(-c5ccccn5)c4)[nH]c3c12. The van der Waals surface area contributed by atoms with Gasteiger partial charge in [0.2, 0.25) is 0 Å². The van der Waals surface area contributed by atoms with Crippen LogP contribution in [-0.2, 0) is 0 Å². The molecule has 0 atom stereocenters. The van der Waals surface area contributed by atoms with Gasteiger partial charge in [-0.2, -0.15) is 0 Å². The van der Waals surface area contributed by atoms with Crippen molar-refractivity contribution in [2.24, 2.45) is 0 Å². The molecule has 4 heteroatoms. The second-order valence-electron chi connectivity index (χ2n) is 6.14. The van der Waals surface area contributed by atoms with Crippen LogP contribution in [0.3, 0.4) is 0 Å². The van der Waals surface area contributed by atoms with E-state index in [1.165, 1.54) is 0 Å². The molecule has 3 heterocycles. The summed E-state index contributed by atoms with van der Waals surface area (Å²) in [4.78, 5) is 7.94. The molecule has 124 valence electrons. The number of benzene rings is 2. The van der Waals surface area contributed by atoms with Gasteiger partial charge >= 0.3 is 0 Å². The van der Waals surface area contributed by atoms with Crippen LogP contribution >= 0.6 is 12.2 Å². The number of aromatic amines is 1. The molecule has 0 unspecified atom stereocenters. The molecule has 0 spiro atoms. The van der Waals surface area contributed by atoms with E-state index in [1.807, 2.05) is 60.8 Å². The van der Waals surface area contributed by atoms with Crippen LogP contribution in [0.2, 0.25) is 0 Å². The van der Waals surface area contributed by atoms with Gasteiger partial charge in [-0.05, 0) is 48.0 Å². The largest absolute Gasteiger partial charge is 0.454 e. The Bertz CT molecular complexity index is 1300. The summed E-state index contributed by atoms with van der Waals surface area (Å²) in [5, 5.41) is 0.959. The van der Waals surface area contributed by atoms with E-state index in [-0.39, 0.29) is 0 Å². The number of nitrogens with zero attached hydrogens (tertiary/aromatic N) is 1. The summed E-state index contributed by atoms with van der Waals surface area (Å²) in [6.45, 7) is 0. The first-order valence-electron chi connectivity index (χ1n) is 8.36. The minimum Gasteiger partial charge on any atom is -0.454 e. The molecule has 0 radical (unpaired) electrons. The Morgan fingerprint density at radius 3 is 2.58 bits per heavy atom. The molecule has 0 amide bonds. The van der Waals surface area contributed by atoms with Crippen molar-refractivity contribution >= 4 is 34.3 Å². The highest BCUT2D eigenvalue weighted by Crippen LogP contribution is 2.31. The third-order valence-corrected chi connectivity index (χ3v) is 4.84. The van der Waals surface area contributed by atoms with Gasteiger partial charge in [-0.3, -0.25) is 4.98 Å². The number of furan rings is 1. The Morgan fingerprint density at radius 2 is 1.69 bits per heavy atom. The minimum absolute atomic E-state index is 0.789. The van der Waals surface area contributed by atoms with Gasteiger partial charge in [-0.25, -0.2) is 0 Å². The molecule has 3 aromatic heterocycles. The Balaban J connectivity index is 1.70. The molecule has 0 bridgehead atoms. The summed E-state index contributed by atoms with van der Waals surface area (Å²) < 4.78 is 6.70. The van der Waals surface area contributed by atoms with E-state index in [0.717, 1.165) is 49.1 Å². The first kappa shape index (κ1) is 15.0. The molecule has 26 heavy (non-hydrogen) atoms. The molecular formula is C22H14N2OS. The Hall–Kier alpha value is -3.24. The number of nitrogens with one attached hydrogen (secondary N) is 1. The van der Waals surface area contributed by atoms with Gasteiger partial charge in [0.15, 0.2) is 5.58 Å². The van der Waals surface area contributed by atoms with Crippen LogP contribution < -0.4 is 0 Å². The van der Waals surface area contributed by atoms with E-state index in [4.69, 9.17) is 16.6 Å². The van der Waals surface area contributed by atoms with Crippen molar-refractivity contribution in [1.82, 2.24) is 9.97 Å². The second kappa shape index (κ2) is 5.93. The lowest BCUT2D eigenvalue weighted by Crippen LogP contribution is -1.86. The number of H-pyrrole nitrogens is 1. The molecule has 5 aromatic rings. The van der Waals surface area contributed by atoms with Gasteiger partial charge in [-0.1, -0.05) is 42.5 Å². The lowest BCUT2D eigenvalue weighted by molar-refractivity contribution is 0.668. The van der Waals surface area contributed by atoms with Crippen molar-refractivity contribution in [1.29, 1.82) is 0 Å². The quantitative estimate of drug-likeness (QED) is 0.374. The van der Waals surface area contributed by atoms with Gasteiger partial charge in [0, 0.05) is 17.5 Å². The first-order valence-corrected chi connectivity index (χ1v) is 8.77. The fraction of sp³-hybridized carbons (Fsp3) is 0. The fourth-order valence-corrected chi connectivity index (χ4v) is 3.54. The molecule has 0 saturated carbocycles. The summed E-state index contributed by atoms with van der Waals surface area (Å²) in [7, 11) is 0. The number of rotatable bonds is 2. The lowest BCUT2D eigenvalue weighted by atomic mass is 10.0. The highest BCUT2D eigenvalue weighted by atomic mass is 32.1. The standard InChI is InChI=1S/C22H14N2OS/c26-20-9-4-8-18-21(20)22-19(25-18)11-10-17(24-22)15-6-3-5-14(13-15)16-7-1-2-12-23-16/h1-13,24H. The predicted molar refractivity (Wildman–Crippen MR) is 108 cm³/mol. The predicted octanol–water partition coefficient (Wildman–Crippen LogP) is 6.37. The molecule has 0 fully saturated rings. The van der Waals surface area contributed by atoms with Crippen LogP contribution in [0.15, 0.2) is 83.4 Å². The Kier molecular flexibility index (Phi) is 3.43. The van der Waals surface area contributed by atoms with Crippen LogP contribution in [0.25, 0.3) is 44.6 Å². The van der Waals surface area contributed by atoms with Crippen LogP contribution in [0, 0.1) is 4.51 Å². The van der Waals surface area contributed by atoms with Crippen molar-refractivity contribution in [3.8, 4) is 22.5 Å². The van der Waals surface area contributed by atoms with Gasteiger partial charge in [0.25, 0.3) is 0 Å². The third kappa shape index (κ3) is 2.43. The fourth-order valence-electron chi connectivity index (χ4n) is 3.26. The van der Waals surface area contributed by atoms with Crippen molar-refractivity contribution in [3.63, 3.8) is 0 Å². The lowest BCUT2D eigenvalue weighted by Gasteiger charge is -2.06. The summed E-state index contributed by atoms with van der Waals surface area (Å²) in [6.07, 6.45) is 1.81. The average molecular weight is 354 g/mol. The van der Waals surface area contributed by atoms with Gasteiger partial charge in [0.1, 0.15) is 5.58 Å². The van der Waals surface area contributed by atoms with Crippen molar-refractivity contribution in [2.45, 2.75) is 0 Å². The van der Waals surface area contributed by atoms with Crippen LogP contribution in [0.5, 0.6) is 0 Å². The maximum absolute atomic E-state index is 5.91. The number of aromatic nitrogens is 2. The van der Waals surface area contributed by atoms with Gasteiger partial charge in [-0.15, -0.1) is 0 Å². The van der Waals surface area contributed by atoms with E-state index in [1.54, 1.807) is 0 Å². The van der Waals surface area contributed by atoms with Crippen molar-refractivity contribution < 1.29 is 4.42 Å². The van der Waals surface area contributed by atoms with Crippen LogP contribution in [-0.4, -0.2) is 9.97 Å². The molecule has 3 nitrogen and oxygen atoms in total. The molecule has 1 N–H and O–H groups in total. The van der Waals surface area contributed by atoms with Crippen molar-refractivity contribution in [2.75, 3.05) is 0 Å². The van der Waals surface area contributed by atoms with E-state index in [0.29, 0.717) is 0 Å². The van der Waals surface area contributed by atoms with E-state index < -0.39 is 0 Å². The molecule has 5 rings (SSSR count). The molecular weight excluding hydrogens is 340 g/mol. The smallest absolute Gasteiger partial charge is 0.151 e. The van der Waals surface area contributed by atoms with E-state index in [9.17, 15) is 0 Å². The minimum atomic E-state index is 0.789. The summed E-state index contributed by atoms with van der Waals surface area (Å²) >= 11 is 5.49. The number of fused-ring (bicyclic) bond motifs is 3. The van der Waals surface area contributed by atoms with E-state index in [2.05, 4.69) is 28.2 Å². The average Bonchev–Trinajstić information content (AvgIpc) is 3.08. The summed E-state index contributed by atoms with van der Waals surface area (Å²) in [5.41, 5.74) is 6.69. The molecule has 0 aliphatic heterocycles. The topological polar surface area (TPSA) is 41.8 Å². The highest BCUT2D eigenvalue weighted by molar-refractivity contribution is 7.71. The van der Waals surface area contributed by atoms with Gasteiger partial charge in [0.05, 0.1) is 21.1 Å². The third-order valence-electron chi connectivity index (χ3n) is 4.50. The normalized spacial score (nSPS) is 11.2. The second-order valence-corrected chi connectivity index (χ2v) is 6.58. The molecule has 0 saturated heterocycles. The zero-order valence-corrected chi connectivity index (χ0v) is 14.6. The van der Waals surface area contributed by atoms with Crippen molar-refractivity contribution in [3.05, 3.63) is 83.5 Å². The van der Waals surface area contributed by atoms with E-state index >= 15 is 0 Å². The van der Waals surface area contributed by atoms with Crippen LogP contribution in [0.1, 0.15) is 0 Å². The maximum Gasteiger partial charge on any atom is 0.151 e. The number of hydrogen-bond acceptors (Lipinski definition) is 3. The number of hydrogen-bond donors (Lipinski definition) is 1. The molecule has 0 aliphatic carbocycles. The zero-order valence-electron chi connectivity index (χ0n) is 13.8. The number of pyridine rings is 2. The summed E-state index contributed by atoms with van der Waals surface area (Å²) in [5.74, 6) is 0. The molecule has 2 aromatic carbocycles. The maximum atomic E-state index is 5.91. The Labute approximate surface area is 155 Å². The Morgan fingerprint density at radius 1 is 0.808 bits per heavy atom. The van der Waals surface area contributed by atoms with Gasteiger partial charge < -0.3 is 9.40 Å². The highest BCUT2D eigenvalue weighted by Gasteiger charge is 2.10.